The summed E-state index contributed by atoms with van der Waals surface area (Å²) in [4.78, 5) is 24.8. The Hall–Kier alpha value is 0.420. The van der Waals surface area contributed by atoms with Gasteiger partial charge in [-0.2, -0.15) is 4.31 Å². The SMILES string of the molecule is O=P(O)(O)OP(=O)(O)OC=C(Cl)Cl. The number of phosphoric acid groups is 2. The van der Waals surface area contributed by atoms with E-state index >= 15 is 0 Å². The van der Waals surface area contributed by atoms with E-state index in [9.17, 15) is 9.13 Å². The zero-order valence-electron chi connectivity index (χ0n) is 5.70. The van der Waals surface area contributed by atoms with E-state index in [4.69, 9.17) is 37.9 Å². The van der Waals surface area contributed by atoms with E-state index in [2.05, 4.69) is 8.83 Å². The molecule has 0 aliphatic carbocycles. The molecule has 0 aromatic heterocycles. The zero-order chi connectivity index (χ0) is 10.7. The normalized spacial score (nSPS) is 16.1. The quantitative estimate of drug-likeness (QED) is 0.525. The largest absolute Gasteiger partial charge is 0.535 e. The summed E-state index contributed by atoms with van der Waals surface area (Å²) in [5.74, 6) is 0. The van der Waals surface area contributed by atoms with Gasteiger partial charge in [-0.3, -0.25) is 4.89 Å². The van der Waals surface area contributed by atoms with Crippen molar-refractivity contribution in [1.29, 1.82) is 0 Å². The highest BCUT2D eigenvalue weighted by Crippen LogP contribution is 2.57. The Labute approximate surface area is 82.7 Å². The Morgan fingerprint density at radius 2 is 1.69 bits per heavy atom. The maximum atomic E-state index is 10.6. The van der Waals surface area contributed by atoms with E-state index < -0.39 is 20.1 Å². The van der Waals surface area contributed by atoms with Crippen LogP contribution in [0.25, 0.3) is 0 Å². The summed E-state index contributed by atoms with van der Waals surface area (Å²) < 4.78 is 27.4. The van der Waals surface area contributed by atoms with Gasteiger partial charge in [0.05, 0.1) is 0 Å². The molecule has 0 aliphatic heterocycles. The lowest BCUT2D eigenvalue weighted by Crippen LogP contribution is -1.88. The second-order valence-electron chi connectivity index (χ2n) is 1.55. The van der Waals surface area contributed by atoms with Gasteiger partial charge in [-0.05, 0) is 0 Å². The average molecular weight is 273 g/mol. The monoisotopic (exact) mass is 272 g/mol. The lowest BCUT2D eigenvalue weighted by Gasteiger charge is -2.09. The highest BCUT2D eigenvalue weighted by molar-refractivity contribution is 7.60. The Morgan fingerprint density at radius 3 is 2.00 bits per heavy atom. The highest BCUT2D eigenvalue weighted by atomic mass is 35.5. The van der Waals surface area contributed by atoms with Gasteiger partial charge in [-0.15, -0.1) is 0 Å². The van der Waals surface area contributed by atoms with Gasteiger partial charge in [0.15, 0.2) is 0 Å². The predicted molar refractivity (Wildman–Crippen MR) is 43.8 cm³/mol. The Balaban J connectivity index is 4.35. The van der Waals surface area contributed by atoms with Crippen molar-refractivity contribution in [2.75, 3.05) is 0 Å². The standard InChI is InChI=1S/C2H4Cl2O7P2/c3-2(4)1-10-13(8,9)11-12(5,6)7/h1H,(H,8,9)(H2,5,6,7). The van der Waals surface area contributed by atoms with Crippen LogP contribution in [0.4, 0.5) is 0 Å². The van der Waals surface area contributed by atoms with E-state index in [0.29, 0.717) is 6.26 Å². The fourth-order valence-electron chi connectivity index (χ4n) is 0.260. The molecule has 78 valence electrons. The van der Waals surface area contributed by atoms with Crippen LogP contribution in [0.3, 0.4) is 0 Å². The summed E-state index contributed by atoms with van der Waals surface area (Å²) in [7, 11) is -9.98. The summed E-state index contributed by atoms with van der Waals surface area (Å²) >= 11 is 9.95. The maximum absolute atomic E-state index is 10.6. The second kappa shape index (κ2) is 4.77. The molecule has 0 bridgehead atoms. The van der Waals surface area contributed by atoms with Crippen LogP contribution in [-0.2, 0) is 18.0 Å². The van der Waals surface area contributed by atoms with Gasteiger partial charge in [0.1, 0.15) is 10.8 Å². The lowest BCUT2D eigenvalue weighted by molar-refractivity contribution is 0.217. The topological polar surface area (TPSA) is 113 Å². The van der Waals surface area contributed by atoms with Crippen molar-refractivity contribution in [3.8, 4) is 0 Å². The van der Waals surface area contributed by atoms with E-state index in [-0.39, 0.29) is 0 Å². The predicted octanol–water partition coefficient (Wildman–Crippen LogP) is 1.49. The number of rotatable bonds is 4. The molecule has 0 heterocycles. The van der Waals surface area contributed by atoms with E-state index in [1.54, 1.807) is 0 Å². The summed E-state index contributed by atoms with van der Waals surface area (Å²) in [6.45, 7) is 0. The fraction of sp³-hybridized carbons (Fsp3) is 0. The second-order valence-corrected chi connectivity index (χ2v) is 5.34. The molecule has 7 nitrogen and oxygen atoms in total. The summed E-state index contributed by atoms with van der Waals surface area (Å²) in [5, 5.41) is 0. The van der Waals surface area contributed by atoms with Crippen LogP contribution in [0.1, 0.15) is 0 Å². The first-order valence-electron chi connectivity index (χ1n) is 2.42. The van der Waals surface area contributed by atoms with Gasteiger partial charge in [0.25, 0.3) is 0 Å². The minimum absolute atomic E-state index is 0.402. The van der Waals surface area contributed by atoms with E-state index in [1.807, 2.05) is 0 Å². The molecule has 0 fully saturated rings. The summed E-state index contributed by atoms with van der Waals surface area (Å²) in [6.07, 6.45) is 0.402. The molecular weight excluding hydrogens is 269 g/mol. The van der Waals surface area contributed by atoms with Crippen molar-refractivity contribution < 1.29 is 32.6 Å². The highest BCUT2D eigenvalue weighted by Gasteiger charge is 2.32. The smallest absolute Gasteiger partial charge is 0.409 e. The molecule has 0 saturated carbocycles. The molecule has 0 aromatic rings. The van der Waals surface area contributed by atoms with Crippen molar-refractivity contribution in [3.05, 3.63) is 10.8 Å². The molecule has 0 aliphatic rings. The lowest BCUT2D eigenvalue weighted by atomic mass is 11.2. The Bertz CT molecular complexity index is 289. The third-order valence-electron chi connectivity index (χ3n) is 0.485. The van der Waals surface area contributed by atoms with Crippen molar-refractivity contribution in [1.82, 2.24) is 0 Å². The first-order chi connectivity index (χ1) is 5.62. The van der Waals surface area contributed by atoms with E-state index in [0.717, 1.165) is 0 Å². The van der Waals surface area contributed by atoms with Crippen LogP contribution < -0.4 is 0 Å². The number of hydrogen-bond acceptors (Lipinski definition) is 4. The first-order valence-corrected chi connectivity index (χ1v) is 6.20. The molecule has 13 heavy (non-hydrogen) atoms. The van der Waals surface area contributed by atoms with Crippen molar-refractivity contribution in [2.45, 2.75) is 0 Å². The minimum atomic E-state index is -5.10. The number of phosphoric ester groups is 1. The molecular formula is C2H4Cl2O7P2. The molecule has 0 spiro atoms. The van der Waals surface area contributed by atoms with Crippen molar-refractivity contribution in [3.63, 3.8) is 0 Å². The van der Waals surface area contributed by atoms with Crippen molar-refractivity contribution in [2.24, 2.45) is 0 Å². The Morgan fingerprint density at radius 1 is 1.23 bits per heavy atom. The van der Waals surface area contributed by atoms with E-state index in [1.165, 1.54) is 0 Å². The Kier molecular flexibility index (Phi) is 4.93. The van der Waals surface area contributed by atoms with Crippen LogP contribution in [0, 0.1) is 0 Å². The maximum Gasteiger partial charge on any atom is 0.535 e. The third-order valence-corrected chi connectivity index (χ3v) is 2.71. The van der Waals surface area contributed by atoms with Gasteiger partial charge in [0.2, 0.25) is 0 Å². The third kappa shape index (κ3) is 8.74. The molecule has 11 heteroatoms. The number of hydrogen-bond donors (Lipinski definition) is 3. The molecule has 1 unspecified atom stereocenters. The number of halogens is 2. The van der Waals surface area contributed by atoms with Gasteiger partial charge in [-0.1, -0.05) is 23.2 Å². The van der Waals surface area contributed by atoms with Crippen LogP contribution >= 0.6 is 38.8 Å². The molecule has 0 aromatic carbocycles. The first kappa shape index (κ1) is 13.4. The van der Waals surface area contributed by atoms with Gasteiger partial charge >= 0.3 is 15.6 Å². The van der Waals surface area contributed by atoms with Gasteiger partial charge < -0.3 is 14.3 Å². The van der Waals surface area contributed by atoms with Gasteiger partial charge in [0, 0.05) is 0 Å². The molecule has 0 rings (SSSR count). The van der Waals surface area contributed by atoms with Gasteiger partial charge in [-0.25, -0.2) is 9.13 Å². The van der Waals surface area contributed by atoms with Crippen LogP contribution in [0.2, 0.25) is 0 Å². The molecule has 1 atom stereocenters. The summed E-state index contributed by atoms with van der Waals surface area (Å²) in [5.41, 5.74) is 0. The zero-order valence-corrected chi connectivity index (χ0v) is 9.00. The minimum Gasteiger partial charge on any atom is -0.409 e. The van der Waals surface area contributed by atoms with Crippen LogP contribution in [-0.4, -0.2) is 14.7 Å². The van der Waals surface area contributed by atoms with Crippen molar-refractivity contribution >= 4 is 38.8 Å². The molecule has 0 radical (unpaired) electrons. The summed E-state index contributed by atoms with van der Waals surface area (Å²) in [6, 6.07) is 0. The fourth-order valence-corrected chi connectivity index (χ4v) is 1.94. The van der Waals surface area contributed by atoms with Crippen LogP contribution in [0.5, 0.6) is 0 Å². The molecule has 3 N–H and O–H groups in total. The molecule has 0 saturated heterocycles. The van der Waals surface area contributed by atoms with Crippen LogP contribution in [0.15, 0.2) is 10.8 Å². The molecule has 0 amide bonds. The average Bonchev–Trinajstić information content (AvgIpc) is 1.78.